The predicted molar refractivity (Wildman–Crippen MR) is 85.9 cm³/mol. The zero-order chi connectivity index (χ0) is 15.5. The van der Waals surface area contributed by atoms with E-state index in [1.165, 1.54) is 0 Å². The molecule has 0 radical (unpaired) electrons. The van der Waals surface area contributed by atoms with E-state index in [0.29, 0.717) is 25.3 Å². The average molecular weight is 311 g/mol. The van der Waals surface area contributed by atoms with Crippen molar-refractivity contribution in [1.82, 2.24) is 8.61 Å². The molecule has 118 valence electrons. The number of hydrogen-bond donors (Lipinski definition) is 1. The maximum absolute atomic E-state index is 12.8. The maximum atomic E-state index is 12.8. The summed E-state index contributed by atoms with van der Waals surface area (Å²) in [6.45, 7) is 5.48. The van der Waals surface area contributed by atoms with Gasteiger partial charge in [0.2, 0.25) is 0 Å². The second-order valence-corrected chi connectivity index (χ2v) is 7.73. The van der Waals surface area contributed by atoms with E-state index in [-0.39, 0.29) is 6.04 Å². The van der Waals surface area contributed by atoms with E-state index in [2.05, 4.69) is 0 Å². The first-order chi connectivity index (χ1) is 9.91. The van der Waals surface area contributed by atoms with Crippen molar-refractivity contribution in [2.24, 2.45) is 0 Å². The summed E-state index contributed by atoms with van der Waals surface area (Å²) in [5.74, 6) is 0. The van der Waals surface area contributed by atoms with Gasteiger partial charge in [-0.15, -0.1) is 0 Å². The summed E-state index contributed by atoms with van der Waals surface area (Å²) in [6, 6.07) is 7.31. The summed E-state index contributed by atoms with van der Waals surface area (Å²) >= 11 is 0. The highest BCUT2D eigenvalue weighted by Crippen LogP contribution is 2.21. The van der Waals surface area contributed by atoms with Crippen LogP contribution in [0.2, 0.25) is 0 Å². The molecule has 5 nitrogen and oxygen atoms in total. The lowest BCUT2D eigenvalue weighted by molar-refractivity contribution is 0.277. The zero-order valence-electron chi connectivity index (χ0n) is 12.8. The Bertz CT molecular complexity index is 549. The second-order valence-electron chi connectivity index (χ2n) is 5.85. The average Bonchev–Trinajstić information content (AvgIpc) is 2.47. The predicted octanol–water partition coefficient (Wildman–Crippen LogP) is 2.21. The number of benzene rings is 1. The van der Waals surface area contributed by atoms with Crippen molar-refractivity contribution in [1.29, 1.82) is 0 Å². The highest BCUT2D eigenvalue weighted by atomic mass is 32.2. The minimum atomic E-state index is -3.40. The zero-order valence-corrected chi connectivity index (χ0v) is 13.6. The quantitative estimate of drug-likeness (QED) is 0.848. The van der Waals surface area contributed by atoms with Crippen LogP contribution >= 0.6 is 0 Å². The number of piperidine rings is 1. The number of nitrogens with two attached hydrogens (primary N) is 1. The van der Waals surface area contributed by atoms with Gasteiger partial charge in [-0.3, -0.25) is 0 Å². The summed E-state index contributed by atoms with van der Waals surface area (Å²) in [5.41, 5.74) is 7.33. The van der Waals surface area contributed by atoms with Crippen LogP contribution in [0.4, 0.5) is 5.69 Å². The van der Waals surface area contributed by atoms with Gasteiger partial charge in [0.05, 0.1) is 0 Å². The molecule has 1 fully saturated rings. The Hall–Kier alpha value is -1.11. The minimum absolute atomic E-state index is 0.0746. The Morgan fingerprint density at radius 3 is 2.24 bits per heavy atom. The second kappa shape index (κ2) is 6.77. The van der Waals surface area contributed by atoms with Crippen molar-refractivity contribution in [2.75, 3.05) is 18.8 Å². The normalized spacial score (nSPS) is 17.5. The minimum Gasteiger partial charge on any atom is -0.399 e. The van der Waals surface area contributed by atoms with E-state index in [1.807, 2.05) is 26.0 Å². The van der Waals surface area contributed by atoms with Gasteiger partial charge in [-0.05, 0) is 44.4 Å². The van der Waals surface area contributed by atoms with Crippen molar-refractivity contribution >= 4 is 15.9 Å². The Labute approximate surface area is 127 Å². The smallest absolute Gasteiger partial charge is 0.282 e. The third-order valence-electron chi connectivity index (χ3n) is 3.83. The molecule has 1 aliphatic rings. The molecule has 21 heavy (non-hydrogen) atoms. The largest absolute Gasteiger partial charge is 0.399 e. The molecule has 0 atom stereocenters. The molecule has 2 N–H and O–H groups in total. The third kappa shape index (κ3) is 3.96. The lowest BCUT2D eigenvalue weighted by Gasteiger charge is -2.34. The number of rotatable bonds is 5. The van der Waals surface area contributed by atoms with Crippen LogP contribution in [0.5, 0.6) is 0 Å². The van der Waals surface area contributed by atoms with Crippen LogP contribution in [0.25, 0.3) is 0 Å². The first-order valence-corrected chi connectivity index (χ1v) is 8.92. The van der Waals surface area contributed by atoms with E-state index in [9.17, 15) is 8.42 Å². The monoisotopic (exact) mass is 311 g/mol. The number of nitrogens with zero attached hydrogens (tertiary/aromatic N) is 2. The van der Waals surface area contributed by atoms with Gasteiger partial charge in [0.25, 0.3) is 10.2 Å². The molecule has 0 bridgehead atoms. The van der Waals surface area contributed by atoms with Gasteiger partial charge in [0, 0.05) is 31.4 Å². The van der Waals surface area contributed by atoms with Crippen LogP contribution in [-0.4, -0.2) is 36.2 Å². The Morgan fingerprint density at radius 1 is 1.14 bits per heavy atom. The highest BCUT2D eigenvalue weighted by Gasteiger charge is 2.32. The first-order valence-electron chi connectivity index (χ1n) is 7.52. The van der Waals surface area contributed by atoms with Crippen molar-refractivity contribution in [3.8, 4) is 0 Å². The van der Waals surface area contributed by atoms with Crippen molar-refractivity contribution in [3.05, 3.63) is 29.8 Å². The van der Waals surface area contributed by atoms with E-state index in [1.54, 1.807) is 20.7 Å². The van der Waals surface area contributed by atoms with Crippen LogP contribution in [0.3, 0.4) is 0 Å². The SMILES string of the molecule is CC(C)N(Cc1ccc(N)cc1)S(=O)(=O)N1CCCCC1. The van der Waals surface area contributed by atoms with Crippen LogP contribution < -0.4 is 5.73 Å². The first kappa shape index (κ1) is 16.3. The molecule has 0 aromatic heterocycles. The molecule has 1 aliphatic heterocycles. The molecular formula is C15H25N3O2S. The molecule has 1 saturated heterocycles. The number of nitrogen functional groups attached to an aromatic ring is 1. The number of hydrogen-bond acceptors (Lipinski definition) is 3. The van der Waals surface area contributed by atoms with Crippen molar-refractivity contribution in [3.63, 3.8) is 0 Å². The molecule has 0 saturated carbocycles. The molecular weight excluding hydrogens is 286 g/mol. The van der Waals surface area contributed by atoms with Crippen molar-refractivity contribution < 1.29 is 8.42 Å². The topological polar surface area (TPSA) is 66.6 Å². The number of anilines is 1. The molecule has 0 unspecified atom stereocenters. The van der Waals surface area contributed by atoms with Gasteiger partial charge in [0.1, 0.15) is 0 Å². The van der Waals surface area contributed by atoms with Gasteiger partial charge in [-0.25, -0.2) is 0 Å². The molecule has 2 rings (SSSR count). The highest BCUT2D eigenvalue weighted by molar-refractivity contribution is 7.86. The molecule has 6 heteroatoms. The summed E-state index contributed by atoms with van der Waals surface area (Å²) in [6.07, 6.45) is 3.02. The summed E-state index contributed by atoms with van der Waals surface area (Å²) in [4.78, 5) is 0. The molecule has 0 spiro atoms. The van der Waals surface area contributed by atoms with E-state index >= 15 is 0 Å². The van der Waals surface area contributed by atoms with Gasteiger partial charge in [-0.1, -0.05) is 18.6 Å². The summed E-state index contributed by atoms with van der Waals surface area (Å²) in [7, 11) is -3.40. The van der Waals surface area contributed by atoms with Gasteiger partial charge < -0.3 is 5.73 Å². The standard InChI is InChI=1S/C15H25N3O2S/c1-13(2)18(12-14-6-8-15(16)9-7-14)21(19,20)17-10-4-3-5-11-17/h6-9,13H,3-5,10-12,16H2,1-2H3. The van der Waals surface area contributed by atoms with E-state index in [4.69, 9.17) is 5.73 Å². The maximum Gasteiger partial charge on any atom is 0.282 e. The van der Waals surface area contributed by atoms with Crippen LogP contribution in [0.15, 0.2) is 24.3 Å². The molecule has 0 aliphatic carbocycles. The van der Waals surface area contributed by atoms with Crippen molar-refractivity contribution in [2.45, 2.75) is 45.7 Å². The third-order valence-corrected chi connectivity index (χ3v) is 5.99. The molecule has 0 amide bonds. The van der Waals surface area contributed by atoms with Gasteiger partial charge in [-0.2, -0.15) is 17.0 Å². The van der Waals surface area contributed by atoms with E-state index < -0.39 is 10.2 Å². The Balaban J connectivity index is 2.19. The fraction of sp³-hybridized carbons (Fsp3) is 0.600. The van der Waals surface area contributed by atoms with Crippen LogP contribution in [-0.2, 0) is 16.8 Å². The van der Waals surface area contributed by atoms with Crippen LogP contribution in [0, 0.1) is 0 Å². The fourth-order valence-corrected chi connectivity index (χ4v) is 4.44. The fourth-order valence-electron chi connectivity index (χ4n) is 2.58. The molecule has 1 heterocycles. The molecule has 1 aromatic carbocycles. The summed E-state index contributed by atoms with van der Waals surface area (Å²) in [5, 5.41) is 0. The lowest BCUT2D eigenvalue weighted by Crippen LogP contribution is -2.48. The summed E-state index contributed by atoms with van der Waals surface area (Å²) < 4.78 is 28.8. The lowest BCUT2D eigenvalue weighted by atomic mass is 10.2. The van der Waals surface area contributed by atoms with Gasteiger partial charge in [0.15, 0.2) is 0 Å². The van der Waals surface area contributed by atoms with E-state index in [0.717, 1.165) is 24.8 Å². The molecule has 1 aromatic rings. The van der Waals surface area contributed by atoms with Crippen LogP contribution in [0.1, 0.15) is 38.7 Å². The Kier molecular flexibility index (Phi) is 5.24. The van der Waals surface area contributed by atoms with Gasteiger partial charge >= 0.3 is 0 Å². The Morgan fingerprint density at radius 2 is 1.71 bits per heavy atom.